The van der Waals surface area contributed by atoms with Crippen molar-refractivity contribution in [1.29, 1.82) is 0 Å². The molecular weight excluding hydrogens is 253 g/mol. The van der Waals surface area contributed by atoms with Gasteiger partial charge in [-0.1, -0.05) is 35.3 Å². The van der Waals surface area contributed by atoms with Crippen molar-refractivity contribution in [2.75, 3.05) is 0 Å². The van der Waals surface area contributed by atoms with Crippen molar-refractivity contribution >= 4 is 23.2 Å². The second-order valence-electron chi connectivity index (χ2n) is 3.23. The molecule has 0 atom stereocenters. The molecule has 0 saturated heterocycles. The lowest BCUT2D eigenvalue weighted by Gasteiger charge is -2.07. The first kappa shape index (κ1) is 11.4. The zero-order chi connectivity index (χ0) is 11.7. The van der Waals surface area contributed by atoms with Crippen LogP contribution in [-0.2, 0) is 0 Å². The van der Waals surface area contributed by atoms with E-state index in [0.717, 1.165) is 6.07 Å². The lowest BCUT2D eigenvalue weighted by atomic mass is 10.1. The minimum Gasteiger partial charge on any atom is -0.207 e. The summed E-state index contributed by atoms with van der Waals surface area (Å²) in [5, 5.41) is 0.184. The number of hydrogen-bond donors (Lipinski definition) is 0. The van der Waals surface area contributed by atoms with Gasteiger partial charge < -0.3 is 0 Å². The van der Waals surface area contributed by atoms with Gasteiger partial charge in [0.25, 0.3) is 0 Å². The molecule has 0 saturated carbocycles. The van der Waals surface area contributed by atoms with Crippen molar-refractivity contribution < 1.29 is 8.78 Å². The van der Waals surface area contributed by atoms with E-state index in [1.165, 1.54) is 24.3 Å². The van der Waals surface area contributed by atoms with Gasteiger partial charge in [-0.25, -0.2) is 8.78 Å². The van der Waals surface area contributed by atoms with Crippen molar-refractivity contribution in [3.63, 3.8) is 0 Å². The normalized spacial score (nSPS) is 10.5. The summed E-state index contributed by atoms with van der Waals surface area (Å²) in [5.41, 5.74) is 0.958. The third kappa shape index (κ3) is 2.04. The molecule has 0 heterocycles. The van der Waals surface area contributed by atoms with Crippen LogP contribution in [0.15, 0.2) is 36.4 Å². The third-order valence-electron chi connectivity index (χ3n) is 2.17. The Morgan fingerprint density at radius 2 is 1.62 bits per heavy atom. The van der Waals surface area contributed by atoms with E-state index in [9.17, 15) is 8.78 Å². The van der Waals surface area contributed by atoms with Gasteiger partial charge in [0.2, 0.25) is 0 Å². The topological polar surface area (TPSA) is 0 Å². The quantitative estimate of drug-likeness (QED) is 0.680. The fraction of sp³-hybridized carbons (Fsp3) is 0. The van der Waals surface area contributed by atoms with Crippen LogP contribution in [0.3, 0.4) is 0 Å². The zero-order valence-electron chi connectivity index (χ0n) is 7.98. The van der Waals surface area contributed by atoms with Crippen molar-refractivity contribution in [2.45, 2.75) is 0 Å². The van der Waals surface area contributed by atoms with Gasteiger partial charge in [0.1, 0.15) is 11.6 Å². The molecule has 0 amide bonds. The molecule has 0 spiro atoms. The predicted molar refractivity (Wildman–Crippen MR) is 61.8 cm³/mol. The Kier molecular flexibility index (Phi) is 3.13. The smallest absolute Gasteiger partial charge is 0.142 e. The second kappa shape index (κ2) is 4.40. The molecular formula is C12H6Cl2F2. The SMILES string of the molecule is Fc1ccc(-c2cccc(F)c2Cl)c(Cl)c1. The van der Waals surface area contributed by atoms with Gasteiger partial charge in [-0.3, -0.25) is 0 Å². The van der Waals surface area contributed by atoms with Gasteiger partial charge in [-0.05, 0) is 24.3 Å². The monoisotopic (exact) mass is 258 g/mol. The van der Waals surface area contributed by atoms with Gasteiger partial charge >= 0.3 is 0 Å². The van der Waals surface area contributed by atoms with Crippen LogP contribution in [0.5, 0.6) is 0 Å². The largest absolute Gasteiger partial charge is 0.207 e. The molecule has 0 aromatic heterocycles. The highest BCUT2D eigenvalue weighted by atomic mass is 35.5. The average Bonchev–Trinajstić information content (AvgIpc) is 2.23. The summed E-state index contributed by atoms with van der Waals surface area (Å²) in [6, 6.07) is 8.29. The van der Waals surface area contributed by atoms with E-state index in [-0.39, 0.29) is 10.0 Å². The van der Waals surface area contributed by atoms with Gasteiger partial charge in [0.05, 0.1) is 10.0 Å². The summed E-state index contributed by atoms with van der Waals surface area (Å²) in [6.45, 7) is 0. The molecule has 0 fully saturated rings. The highest BCUT2D eigenvalue weighted by Crippen LogP contribution is 2.34. The maximum absolute atomic E-state index is 13.2. The van der Waals surface area contributed by atoms with Gasteiger partial charge in [-0.15, -0.1) is 0 Å². The van der Waals surface area contributed by atoms with Crippen molar-refractivity contribution in [2.24, 2.45) is 0 Å². The highest BCUT2D eigenvalue weighted by molar-refractivity contribution is 6.36. The molecule has 0 N–H and O–H groups in total. The summed E-state index contributed by atoms with van der Waals surface area (Å²) in [6.07, 6.45) is 0. The molecule has 2 aromatic carbocycles. The first-order chi connectivity index (χ1) is 7.59. The standard InChI is InChI=1S/C12H6Cl2F2/c13-10-6-7(15)4-5-8(10)9-2-1-3-11(16)12(9)14/h1-6H. The van der Waals surface area contributed by atoms with Crippen LogP contribution in [0.4, 0.5) is 8.78 Å². The van der Waals surface area contributed by atoms with E-state index in [1.807, 2.05) is 0 Å². The Balaban J connectivity index is 2.63. The van der Waals surface area contributed by atoms with Crippen LogP contribution in [-0.4, -0.2) is 0 Å². The molecule has 0 bridgehead atoms. The van der Waals surface area contributed by atoms with E-state index in [0.29, 0.717) is 11.1 Å². The molecule has 16 heavy (non-hydrogen) atoms. The Bertz CT molecular complexity index is 539. The minimum atomic E-state index is -0.528. The number of hydrogen-bond acceptors (Lipinski definition) is 0. The number of benzene rings is 2. The van der Waals surface area contributed by atoms with Crippen LogP contribution in [0, 0.1) is 11.6 Å². The van der Waals surface area contributed by atoms with E-state index < -0.39 is 11.6 Å². The van der Waals surface area contributed by atoms with Gasteiger partial charge in [0, 0.05) is 11.1 Å². The predicted octanol–water partition coefficient (Wildman–Crippen LogP) is 4.94. The van der Waals surface area contributed by atoms with Gasteiger partial charge in [-0.2, -0.15) is 0 Å². The Labute approximate surface area is 101 Å². The molecule has 0 radical (unpaired) electrons. The zero-order valence-corrected chi connectivity index (χ0v) is 9.49. The molecule has 2 aromatic rings. The maximum atomic E-state index is 13.2. The molecule has 82 valence electrons. The van der Waals surface area contributed by atoms with E-state index in [4.69, 9.17) is 23.2 Å². The first-order valence-corrected chi connectivity index (χ1v) is 5.24. The molecule has 0 aliphatic heterocycles. The van der Waals surface area contributed by atoms with Crippen molar-refractivity contribution in [1.82, 2.24) is 0 Å². The lowest BCUT2D eigenvalue weighted by Crippen LogP contribution is -1.85. The summed E-state index contributed by atoms with van der Waals surface area (Å²) in [5.74, 6) is -0.971. The molecule has 4 heteroatoms. The second-order valence-corrected chi connectivity index (χ2v) is 4.01. The summed E-state index contributed by atoms with van der Waals surface area (Å²) in [4.78, 5) is 0. The third-order valence-corrected chi connectivity index (χ3v) is 2.87. The minimum absolute atomic E-state index is 0.0176. The Hall–Kier alpha value is -1.12. The molecule has 0 aliphatic carbocycles. The van der Waals surface area contributed by atoms with Crippen LogP contribution < -0.4 is 0 Å². The Morgan fingerprint density at radius 3 is 2.31 bits per heavy atom. The number of rotatable bonds is 1. The van der Waals surface area contributed by atoms with E-state index in [1.54, 1.807) is 6.07 Å². The summed E-state index contributed by atoms with van der Waals surface area (Å²) >= 11 is 11.7. The van der Waals surface area contributed by atoms with Crippen LogP contribution in [0.25, 0.3) is 11.1 Å². The fourth-order valence-corrected chi connectivity index (χ4v) is 1.92. The van der Waals surface area contributed by atoms with E-state index in [2.05, 4.69) is 0 Å². The molecule has 0 aliphatic rings. The molecule has 0 nitrogen and oxygen atoms in total. The fourth-order valence-electron chi connectivity index (χ4n) is 1.42. The summed E-state index contributed by atoms with van der Waals surface area (Å²) in [7, 11) is 0. The first-order valence-electron chi connectivity index (χ1n) is 4.49. The summed E-state index contributed by atoms with van der Waals surface area (Å²) < 4.78 is 26.1. The average molecular weight is 259 g/mol. The number of halogens is 4. The maximum Gasteiger partial charge on any atom is 0.142 e. The highest BCUT2D eigenvalue weighted by Gasteiger charge is 2.11. The van der Waals surface area contributed by atoms with E-state index >= 15 is 0 Å². The van der Waals surface area contributed by atoms with Crippen LogP contribution in [0.2, 0.25) is 10.0 Å². The van der Waals surface area contributed by atoms with Gasteiger partial charge in [0.15, 0.2) is 0 Å². The molecule has 0 unspecified atom stereocenters. The molecule has 2 rings (SSSR count). The van der Waals surface area contributed by atoms with Crippen molar-refractivity contribution in [3.05, 3.63) is 58.1 Å². The van der Waals surface area contributed by atoms with Crippen LogP contribution in [0.1, 0.15) is 0 Å². The lowest BCUT2D eigenvalue weighted by molar-refractivity contribution is 0.627. The van der Waals surface area contributed by atoms with Crippen molar-refractivity contribution in [3.8, 4) is 11.1 Å². The van der Waals surface area contributed by atoms with Crippen LogP contribution >= 0.6 is 23.2 Å². The Morgan fingerprint density at radius 1 is 0.875 bits per heavy atom.